The van der Waals surface area contributed by atoms with Crippen LogP contribution in [0.15, 0.2) is 36.4 Å². The molecule has 1 fully saturated rings. The van der Waals surface area contributed by atoms with E-state index >= 15 is 0 Å². The van der Waals surface area contributed by atoms with Crippen LogP contribution in [0.25, 0.3) is 0 Å². The molecule has 0 aliphatic heterocycles. The van der Waals surface area contributed by atoms with Gasteiger partial charge in [0.2, 0.25) is 0 Å². The van der Waals surface area contributed by atoms with Crippen molar-refractivity contribution in [3.63, 3.8) is 0 Å². The summed E-state index contributed by atoms with van der Waals surface area (Å²) in [5, 5.41) is 10.1. The minimum Gasteiger partial charge on any atom is -0.381 e. The second kappa shape index (κ2) is 9.01. The van der Waals surface area contributed by atoms with Crippen LogP contribution in [0.2, 0.25) is 0 Å². The summed E-state index contributed by atoms with van der Waals surface area (Å²) in [6, 6.07) is 11.3. The maximum atomic E-state index is 13.0. The molecule has 0 spiro atoms. The Labute approximate surface area is 165 Å². The molecule has 2 aromatic rings. The number of aromatic nitrogens is 2. The number of ether oxygens (including phenoxy) is 1. The molecule has 1 heterocycles. The number of methoxy groups -OCH3 is 1. The molecule has 1 aliphatic carbocycles. The fourth-order valence-corrected chi connectivity index (χ4v) is 3.67. The lowest BCUT2D eigenvalue weighted by Crippen LogP contribution is -2.40. The van der Waals surface area contributed by atoms with Crippen molar-refractivity contribution in [2.24, 2.45) is 0 Å². The summed E-state index contributed by atoms with van der Waals surface area (Å²) >= 11 is 0. The smallest absolute Gasteiger partial charge is 0.271 e. The molecular formula is C21H28N4O3. The lowest BCUT2D eigenvalue weighted by atomic mass is 9.93. The molecule has 2 amide bonds. The molecule has 3 rings (SSSR count). The standard InChI is InChI=1S/C21H28N4O3/c1-14(15-7-5-4-6-8-15)25-19(13-18(24-25)20(26)22-2)21(27)23-16-9-11-17(28-3)12-10-16/h4-8,13-14,16-17H,9-12H2,1-3H3,(H,22,26)(H,23,27)/t14-,16?,17?/m0/s1. The van der Waals surface area contributed by atoms with Crippen molar-refractivity contribution in [3.05, 3.63) is 53.3 Å². The van der Waals surface area contributed by atoms with Crippen LogP contribution in [0.3, 0.4) is 0 Å². The second-order valence-electron chi connectivity index (χ2n) is 7.21. The molecule has 1 aromatic heterocycles. The largest absolute Gasteiger partial charge is 0.381 e. The van der Waals surface area contributed by atoms with E-state index < -0.39 is 0 Å². The number of nitrogens with zero attached hydrogens (tertiary/aromatic N) is 2. The number of amides is 2. The van der Waals surface area contributed by atoms with Crippen molar-refractivity contribution < 1.29 is 14.3 Å². The third-order valence-corrected chi connectivity index (χ3v) is 5.42. The summed E-state index contributed by atoms with van der Waals surface area (Å²) in [7, 11) is 3.28. The van der Waals surface area contributed by atoms with E-state index in [1.165, 1.54) is 0 Å². The van der Waals surface area contributed by atoms with E-state index in [9.17, 15) is 9.59 Å². The predicted molar refractivity (Wildman–Crippen MR) is 106 cm³/mol. The van der Waals surface area contributed by atoms with Crippen LogP contribution in [0.1, 0.15) is 65.2 Å². The Hall–Kier alpha value is -2.67. The van der Waals surface area contributed by atoms with Crippen LogP contribution in [0, 0.1) is 0 Å². The van der Waals surface area contributed by atoms with Crippen molar-refractivity contribution in [2.75, 3.05) is 14.2 Å². The predicted octanol–water partition coefficient (Wildman–Crippen LogP) is 2.54. The first-order valence-corrected chi connectivity index (χ1v) is 9.73. The average molecular weight is 384 g/mol. The van der Waals surface area contributed by atoms with Crippen LogP contribution in [0.4, 0.5) is 0 Å². The number of hydrogen-bond acceptors (Lipinski definition) is 4. The van der Waals surface area contributed by atoms with Gasteiger partial charge in [-0.05, 0) is 38.2 Å². The van der Waals surface area contributed by atoms with Crippen molar-refractivity contribution in [3.8, 4) is 0 Å². The van der Waals surface area contributed by atoms with E-state index in [4.69, 9.17) is 4.74 Å². The van der Waals surface area contributed by atoms with Crippen LogP contribution < -0.4 is 10.6 Å². The van der Waals surface area contributed by atoms with E-state index in [-0.39, 0.29) is 35.7 Å². The van der Waals surface area contributed by atoms with Crippen LogP contribution in [-0.4, -0.2) is 47.9 Å². The Morgan fingerprint density at radius 1 is 1.14 bits per heavy atom. The van der Waals surface area contributed by atoms with Gasteiger partial charge in [0.1, 0.15) is 5.69 Å². The van der Waals surface area contributed by atoms with Gasteiger partial charge in [0, 0.05) is 26.3 Å². The molecular weight excluding hydrogens is 356 g/mol. The molecule has 28 heavy (non-hydrogen) atoms. The van der Waals surface area contributed by atoms with Crippen molar-refractivity contribution in [1.82, 2.24) is 20.4 Å². The number of benzene rings is 1. The van der Waals surface area contributed by atoms with Gasteiger partial charge in [-0.1, -0.05) is 30.3 Å². The second-order valence-corrected chi connectivity index (χ2v) is 7.21. The lowest BCUT2D eigenvalue weighted by molar-refractivity contribution is 0.0597. The summed E-state index contributed by atoms with van der Waals surface area (Å²) < 4.78 is 7.03. The minimum absolute atomic E-state index is 0.109. The Morgan fingerprint density at radius 3 is 2.43 bits per heavy atom. The monoisotopic (exact) mass is 384 g/mol. The van der Waals surface area contributed by atoms with Gasteiger partial charge in [-0.15, -0.1) is 0 Å². The highest BCUT2D eigenvalue weighted by Crippen LogP contribution is 2.23. The molecule has 7 heteroatoms. The molecule has 0 saturated heterocycles. The van der Waals surface area contributed by atoms with Gasteiger partial charge in [0.25, 0.3) is 11.8 Å². The molecule has 1 saturated carbocycles. The quantitative estimate of drug-likeness (QED) is 0.801. The van der Waals surface area contributed by atoms with Gasteiger partial charge in [0.15, 0.2) is 5.69 Å². The normalized spacial score (nSPS) is 20.4. The number of rotatable bonds is 6. The van der Waals surface area contributed by atoms with Gasteiger partial charge in [-0.2, -0.15) is 5.10 Å². The molecule has 0 bridgehead atoms. The Kier molecular flexibility index (Phi) is 6.46. The fourth-order valence-electron chi connectivity index (χ4n) is 3.67. The van der Waals surface area contributed by atoms with Gasteiger partial charge in [0.05, 0.1) is 12.1 Å². The van der Waals surface area contributed by atoms with Crippen molar-refractivity contribution >= 4 is 11.8 Å². The van der Waals surface area contributed by atoms with E-state index in [0.29, 0.717) is 5.69 Å². The molecule has 7 nitrogen and oxygen atoms in total. The molecule has 0 unspecified atom stereocenters. The Bertz CT molecular complexity index is 810. The van der Waals surface area contributed by atoms with E-state index in [0.717, 1.165) is 31.2 Å². The van der Waals surface area contributed by atoms with Crippen LogP contribution in [-0.2, 0) is 4.74 Å². The summed E-state index contributed by atoms with van der Waals surface area (Å²) in [4.78, 5) is 25.1. The Balaban J connectivity index is 1.83. The third-order valence-electron chi connectivity index (χ3n) is 5.42. The SMILES string of the molecule is CNC(=O)c1cc(C(=O)NC2CCC(OC)CC2)n([C@@H](C)c2ccccc2)n1. The van der Waals surface area contributed by atoms with Crippen molar-refractivity contribution in [1.29, 1.82) is 0 Å². The first-order chi connectivity index (χ1) is 13.5. The molecule has 1 aromatic carbocycles. The number of carbonyl (C=O) groups is 2. The summed E-state index contributed by atoms with van der Waals surface area (Å²) in [6.07, 6.45) is 3.91. The fraction of sp³-hybridized carbons (Fsp3) is 0.476. The minimum atomic E-state index is -0.311. The van der Waals surface area contributed by atoms with E-state index in [1.807, 2.05) is 37.3 Å². The third kappa shape index (κ3) is 4.42. The number of carbonyl (C=O) groups excluding carboxylic acids is 2. The highest BCUT2D eigenvalue weighted by molar-refractivity contribution is 5.98. The summed E-state index contributed by atoms with van der Waals surface area (Å²) in [6.45, 7) is 1.97. The van der Waals surface area contributed by atoms with Gasteiger partial charge in [-0.3, -0.25) is 14.3 Å². The molecule has 1 atom stereocenters. The molecule has 2 N–H and O–H groups in total. The molecule has 0 radical (unpaired) electrons. The topological polar surface area (TPSA) is 85.3 Å². The zero-order valence-corrected chi connectivity index (χ0v) is 16.6. The number of hydrogen-bond donors (Lipinski definition) is 2. The maximum absolute atomic E-state index is 13.0. The maximum Gasteiger partial charge on any atom is 0.271 e. The zero-order valence-electron chi connectivity index (χ0n) is 16.6. The van der Waals surface area contributed by atoms with Gasteiger partial charge < -0.3 is 15.4 Å². The Morgan fingerprint density at radius 2 is 1.82 bits per heavy atom. The van der Waals surface area contributed by atoms with Crippen molar-refractivity contribution in [2.45, 2.75) is 50.8 Å². The van der Waals surface area contributed by atoms with E-state index in [1.54, 1.807) is 24.9 Å². The van der Waals surface area contributed by atoms with Gasteiger partial charge >= 0.3 is 0 Å². The molecule has 1 aliphatic rings. The molecule has 150 valence electrons. The lowest BCUT2D eigenvalue weighted by Gasteiger charge is -2.28. The highest BCUT2D eigenvalue weighted by atomic mass is 16.5. The van der Waals surface area contributed by atoms with E-state index in [2.05, 4.69) is 15.7 Å². The number of nitrogens with one attached hydrogen (secondary N) is 2. The summed E-state index contributed by atoms with van der Waals surface area (Å²) in [5.74, 6) is -0.514. The highest BCUT2D eigenvalue weighted by Gasteiger charge is 2.26. The first-order valence-electron chi connectivity index (χ1n) is 9.73. The average Bonchev–Trinajstić information content (AvgIpc) is 3.19. The van der Waals surface area contributed by atoms with Gasteiger partial charge in [-0.25, -0.2) is 0 Å². The van der Waals surface area contributed by atoms with Crippen LogP contribution >= 0.6 is 0 Å². The first kappa shape index (κ1) is 20.1. The van der Waals surface area contributed by atoms with Crippen LogP contribution in [0.5, 0.6) is 0 Å². The zero-order chi connectivity index (χ0) is 20.1. The summed E-state index contributed by atoms with van der Waals surface area (Å²) in [5.41, 5.74) is 1.64.